The van der Waals surface area contributed by atoms with Crippen molar-refractivity contribution in [2.75, 3.05) is 25.1 Å². The molecule has 0 bridgehead atoms. The molecule has 1 atom stereocenters. The summed E-state index contributed by atoms with van der Waals surface area (Å²) in [7, 11) is 1.58. The van der Waals surface area contributed by atoms with E-state index in [1.54, 1.807) is 12.0 Å². The number of rotatable bonds is 6. The van der Waals surface area contributed by atoms with Crippen LogP contribution in [0, 0.1) is 12.8 Å². The van der Waals surface area contributed by atoms with Crippen molar-refractivity contribution in [3.63, 3.8) is 0 Å². The monoisotopic (exact) mass is 392 g/mol. The molecule has 7 heteroatoms. The number of amides is 2. The summed E-state index contributed by atoms with van der Waals surface area (Å²) >= 11 is 0. The molecule has 0 aliphatic carbocycles. The molecule has 1 aliphatic heterocycles. The molecule has 4 rings (SSSR count). The summed E-state index contributed by atoms with van der Waals surface area (Å²) in [5.41, 5.74) is 3.56. The van der Waals surface area contributed by atoms with Crippen LogP contribution in [0.15, 0.2) is 48.8 Å². The van der Waals surface area contributed by atoms with E-state index in [0.29, 0.717) is 25.3 Å². The first kappa shape index (κ1) is 19.0. The molecule has 150 valence electrons. The Balaban J connectivity index is 1.36. The number of aryl methyl sites for hydroxylation is 1. The van der Waals surface area contributed by atoms with E-state index in [1.165, 1.54) is 0 Å². The first-order chi connectivity index (χ1) is 14.0. The number of carbonyl (C=O) groups is 2. The van der Waals surface area contributed by atoms with Crippen LogP contribution in [-0.4, -0.2) is 41.4 Å². The fourth-order valence-electron chi connectivity index (χ4n) is 3.69. The largest absolute Gasteiger partial charge is 0.495 e. The summed E-state index contributed by atoms with van der Waals surface area (Å²) in [5, 5.41) is 2.95. The Morgan fingerprint density at radius 1 is 1.31 bits per heavy atom. The van der Waals surface area contributed by atoms with Crippen molar-refractivity contribution >= 4 is 23.1 Å². The minimum absolute atomic E-state index is 0.0607. The van der Waals surface area contributed by atoms with Gasteiger partial charge < -0.3 is 19.4 Å². The summed E-state index contributed by atoms with van der Waals surface area (Å²) in [4.78, 5) is 31.3. The molecule has 3 heterocycles. The van der Waals surface area contributed by atoms with Crippen LogP contribution < -0.4 is 15.0 Å². The Hall–Kier alpha value is -3.35. The molecule has 0 radical (unpaired) electrons. The molecule has 7 nitrogen and oxygen atoms in total. The second-order valence-corrected chi connectivity index (χ2v) is 7.32. The lowest BCUT2D eigenvalue weighted by Crippen LogP contribution is -2.34. The zero-order chi connectivity index (χ0) is 20.4. The van der Waals surface area contributed by atoms with E-state index in [2.05, 4.69) is 10.3 Å². The van der Waals surface area contributed by atoms with Crippen molar-refractivity contribution < 1.29 is 14.3 Å². The van der Waals surface area contributed by atoms with Gasteiger partial charge in [-0.3, -0.25) is 9.59 Å². The zero-order valence-electron chi connectivity index (χ0n) is 16.6. The summed E-state index contributed by atoms with van der Waals surface area (Å²) in [5.74, 6) is 0.108. The van der Waals surface area contributed by atoms with Gasteiger partial charge in [0.05, 0.1) is 24.4 Å². The lowest BCUT2D eigenvalue weighted by Gasteiger charge is -2.20. The highest BCUT2D eigenvalue weighted by Crippen LogP contribution is 2.33. The number of pyridine rings is 1. The van der Waals surface area contributed by atoms with E-state index in [4.69, 9.17) is 4.74 Å². The molecule has 1 aliphatic rings. The van der Waals surface area contributed by atoms with Crippen molar-refractivity contribution in [1.29, 1.82) is 0 Å². The molecular weight excluding hydrogens is 368 g/mol. The molecule has 1 saturated heterocycles. The topological polar surface area (TPSA) is 75.9 Å². The highest BCUT2D eigenvalue weighted by molar-refractivity contribution is 6.01. The predicted molar refractivity (Wildman–Crippen MR) is 110 cm³/mol. The minimum atomic E-state index is -0.367. The smallest absolute Gasteiger partial charge is 0.227 e. The van der Waals surface area contributed by atoms with Gasteiger partial charge in [0.2, 0.25) is 11.8 Å². The number of aromatic nitrogens is 2. The molecule has 1 unspecified atom stereocenters. The quantitative estimate of drug-likeness (QED) is 0.699. The van der Waals surface area contributed by atoms with Gasteiger partial charge in [0.15, 0.2) is 0 Å². The number of benzene rings is 1. The van der Waals surface area contributed by atoms with Crippen molar-refractivity contribution in [2.24, 2.45) is 5.92 Å². The maximum absolute atomic E-state index is 12.6. The first-order valence-electron chi connectivity index (χ1n) is 9.70. The zero-order valence-corrected chi connectivity index (χ0v) is 16.6. The SMILES string of the molecule is COc1ccc(C)cc1N1CC(C(=O)NCCc2cn3ccccc3n2)CC1=O. The summed E-state index contributed by atoms with van der Waals surface area (Å²) in [6.07, 6.45) is 4.76. The molecular formula is C22H24N4O3. The van der Waals surface area contributed by atoms with Gasteiger partial charge in [-0.15, -0.1) is 0 Å². The number of carbonyl (C=O) groups excluding carboxylic acids is 2. The molecule has 3 aromatic rings. The molecule has 2 amide bonds. The van der Waals surface area contributed by atoms with Crippen LogP contribution in [0.25, 0.3) is 5.65 Å². The molecule has 29 heavy (non-hydrogen) atoms. The summed E-state index contributed by atoms with van der Waals surface area (Å²) in [6.45, 7) is 2.81. The van der Waals surface area contributed by atoms with Gasteiger partial charge in [0.25, 0.3) is 0 Å². The third kappa shape index (κ3) is 3.94. The number of hydrogen-bond acceptors (Lipinski definition) is 4. The number of methoxy groups -OCH3 is 1. The molecule has 0 saturated carbocycles. The molecule has 1 aromatic carbocycles. The second-order valence-electron chi connectivity index (χ2n) is 7.32. The number of nitrogens with zero attached hydrogens (tertiary/aromatic N) is 3. The van der Waals surface area contributed by atoms with E-state index < -0.39 is 0 Å². The predicted octanol–water partition coefficient (Wildman–Crippen LogP) is 2.36. The number of fused-ring (bicyclic) bond motifs is 1. The van der Waals surface area contributed by atoms with E-state index >= 15 is 0 Å². The molecule has 1 fully saturated rings. The standard InChI is InChI=1S/C22H24N4O3/c1-15-6-7-19(29-2)18(11-15)26-13-16(12-21(26)27)22(28)23-9-8-17-14-25-10-4-3-5-20(25)24-17/h3-7,10-11,14,16H,8-9,12-13H2,1-2H3,(H,23,28). The Morgan fingerprint density at radius 3 is 2.97 bits per heavy atom. The lowest BCUT2D eigenvalue weighted by molar-refractivity contribution is -0.126. The van der Waals surface area contributed by atoms with Crippen LogP contribution in [0.2, 0.25) is 0 Å². The molecule has 0 spiro atoms. The number of imidazole rings is 1. The Labute approximate surface area is 169 Å². The van der Waals surface area contributed by atoms with Crippen molar-refractivity contribution in [3.05, 3.63) is 60.0 Å². The van der Waals surface area contributed by atoms with Crippen molar-refractivity contribution in [3.8, 4) is 5.75 Å². The van der Waals surface area contributed by atoms with E-state index in [-0.39, 0.29) is 24.2 Å². The van der Waals surface area contributed by atoms with Gasteiger partial charge in [0, 0.05) is 38.3 Å². The average molecular weight is 392 g/mol. The summed E-state index contributed by atoms with van der Waals surface area (Å²) < 4.78 is 7.35. The number of ether oxygens (including phenoxy) is 1. The fourth-order valence-corrected chi connectivity index (χ4v) is 3.69. The molecule has 2 aromatic heterocycles. The number of nitrogens with one attached hydrogen (secondary N) is 1. The Kier molecular flexibility index (Phi) is 5.20. The first-order valence-corrected chi connectivity index (χ1v) is 9.70. The fraction of sp³-hybridized carbons (Fsp3) is 0.318. The second kappa shape index (κ2) is 7.95. The van der Waals surface area contributed by atoms with E-state index in [0.717, 1.165) is 22.6 Å². The van der Waals surface area contributed by atoms with Crippen LogP contribution in [-0.2, 0) is 16.0 Å². The van der Waals surface area contributed by atoms with Crippen LogP contribution in [0.1, 0.15) is 17.7 Å². The summed E-state index contributed by atoms with van der Waals surface area (Å²) in [6, 6.07) is 11.5. The Bertz CT molecular complexity index is 1030. The highest BCUT2D eigenvalue weighted by atomic mass is 16.5. The van der Waals surface area contributed by atoms with Gasteiger partial charge in [0.1, 0.15) is 11.4 Å². The third-order valence-corrected chi connectivity index (χ3v) is 5.22. The van der Waals surface area contributed by atoms with Crippen LogP contribution in [0.3, 0.4) is 0 Å². The van der Waals surface area contributed by atoms with Crippen LogP contribution >= 0.6 is 0 Å². The lowest BCUT2D eigenvalue weighted by atomic mass is 10.1. The molecule has 1 N–H and O–H groups in total. The maximum atomic E-state index is 12.6. The normalized spacial score (nSPS) is 16.4. The van der Waals surface area contributed by atoms with Crippen LogP contribution in [0.4, 0.5) is 5.69 Å². The minimum Gasteiger partial charge on any atom is -0.495 e. The Morgan fingerprint density at radius 2 is 2.17 bits per heavy atom. The van der Waals surface area contributed by atoms with Gasteiger partial charge in [-0.2, -0.15) is 0 Å². The average Bonchev–Trinajstić information content (AvgIpc) is 3.30. The maximum Gasteiger partial charge on any atom is 0.227 e. The van der Waals surface area contributed by atoms with Crippen molar-refractivity contribution in [2.45, 2.75) is 19.8 Å². The van der Waals surface area contributed by atoms with Gasteiger partial charge in [-0.1, -0.05) is 12.1 Å². The highest BCUT2D eigenvalue weighted by Gasteiger charge is 2.36. The van der Waals surface area contributed by atoms with Crippen LogP contribution in [0.5, 0.6) is 5.75 Å². The van der Waals surface area contributed by atoms with Gasteiger partial charge in [-0.25, -0.2) is 4.98 Å². The van der Waals surface area contributed by atoms with E-state index in [1.807, 2.05) is 60.1 Å². The number of hydrogen-bond donors (Lipinski definition) is 1. The van der Waals surface area contributed by atoms with E-state index in [9.17, 15) is 9.59 Å². The number of anilines is 1. The third-order valence-electron chi connectivity index (χ3n) is 5.22. The van der Waals surface area contributed by atoms with Crippen molar-refractivity contribution in [1.82, 2.24) is 14.7 Å². The van der Waals surface area contributed by atoms with Gasteiger partial charge >= 0.3 is 0 Å². The van der Waals surface area contributed by atoms with Gasteiger partial charge in [-0.05, 0) is 36.8 Å².